The lowest BCUT2D eigenvalue weighted by molar-refractivity contribution is -0.166. The Balaban J connectivity index is 4.47. The van der Waals surface area contributed by atoms with Gasteiger partial charge in [0.05, 0.1) is 0 Å². The van der Waals surface area contributed by atoms with Crippen LogP contribution in [-0.2, 0) is 28.6 Å². The van der Waals surface area contributed by atoms with Crippen LogP contribution in [0.5, 0.6) is 0 Å². The summed E-state index contributed by atoms with van der Waals surface area (Å²) in [5.74, 6) is -0.998. The minimum Gasteiger partial charge on any atom is -0.462 e. The second-order valence-electron chi connectivity index (χ2n) is 16.5. The smallest absolute Gasteiger partial charge is 0.306 e. The second-order valence-corrected chi connectivity index (χ2v) is 16.5. The second kappa shape index (κ2) is 48.5. The minimum absolute atomic E-state index is 0.105. The summed E-state index contributed by atoms with van der Waals surface area (Å²) in [7, 11) is 0. The maximum atomic E-state index is 12.7. The fourth-order valence-electron chi connectivity index (χ4n) is 6.74. The largest absolute Gasteiger partial charge is 0.462 e. The molecule has 0 saturated heterocycles. The van der Waals surface area contributed by atoms with Crippen LogP contribution in [0.4, 0.5) is 0 Å². The fourth-order valence-corrected chi connectivity index (χ4v) is 6.74. The van der Waals surface area contributed by atoms with Crippen molar-refractivity contribution in [2.24, 2.45) is 0 Å². The summed E-state index contributed by atoms with van der Waals surface area (Å²) in [5.41, 5.74) is 0. The van der Waals surface area contributed by atoms with Crippen LogP contribution < -0.4 is 0 Å². The van der Waals surface area contributed by atoms with Crippen LogP contribution in [0.25, 0.3) is 0 Å². The van der Waals surface area contributed by atoms with Gasteiger partial charge in [-0.25, -0.2) is 0 Å². The van der Waals surface area contributed by atoms with E-state index >= 15 is 0 Å². The quantitative estimate of drug-likeness (QED) is 0.0200. The van der Waals surface area contributed by atoms with E-state index in [0.29, 0.717) is 19.3 Å². The third kappa shape index (κ3) is 45.9. The van der Waals surface area contributed by atoms with Gasteiger partial charge in [0, 0.05) is 19.3 Å². The van der Waals surface area contributed by atoms with Crippen LogP contribution in [0.1, 0.15) is 233 Å². The van der Waals surface area contributed by atoms with Crippen LogP contribution in [0.2, 0.25) is 0 Å². The van der Waals surface area contributed by atoms with Crippen molar-refractivity contribution in [1.29, 1.82) is 0 Å². The Labute approximate surface area is 370 Å². The van der Waals surface area contributed by atoms with Crippen LogP contribution in [0, 0.1) is 0 Å². The van der Waals surface area contributed by atoms with Crippen molar-refractivity contribution in [2.45, 2.75) is 239 Å². The Morgan fingerprint density at radius 1 is 0.350 bits per heavy atom. The maximum absolute atomic E-state index is 12.7. The summed E-state index contributed by atoms with van der Waals surface area (Å²) < 4.78 is 16.7. The van der Waals surface area contributed by atoms with Gasteiger partial charge in [0.2, 0.25) is 0 Å². The summed E-state index contributed by atoms with van der Waals surface area (Å²) in [4.78, 5) is 37.8. The van der Waals surface area contributed by atoms with Gasteiger partial charge in [-0.3, -0.25) is 14.4 Å². The Bertz CT molecular complexity index is 1140. The fraction of sp³-hybridized carbons (Fsp3) is 0.722. The van der Waals surface area contributed by atoms with Gasteiger partial charge in [0.15, 0.2) is 6.10 Å². The first-order valence-corrected chi connectivity index (χ1v) is 25.0. The van der Waals surface area contributed by atoms with E-state index < -0.39 is 6.10 Å². The van der Waals surface area contributed by atoms with Gasteiger partial charge in [-0.1, -0.05) is 222 Å². The molecule has 0 aliphatic rings. The predicted molar refractivity (Wildman–Crippen MR) is 256 cm³/mol. The molecule has 1 atom stereocenters. The van der Waals surface area contributed by atoms with Gasteiger partial charge in [0.1, 0.15) is 13.2 Å². The van der Waals surface area contributed by atoms with Crippen molar-refractivity contribution >= 4 is 17.9 Å². The van der Waals surface area contributed by atoms with Gasteiger partial charge in [-0.15, -0.1) is 0 Å². The first kappa shape index (κ1) is 56.9. The van der Waals surface area contributed by atoms with Crippen LogP contribution in [-0.4, -0.2) is 37.2 Å². The Morgan fingerprint density at radius 2 is 0.700 bits per heavy atom. The zero-order valence-electron chi connectivity index (χ0n) is 39.2. The molecule has 0 N–H and O–H groups in total. The van der Waals surface area contributed by atoms with Crippen molar-refractivity contribution in [1.82, 2.24) is 0 Å². The van der Waals surface area contributed by atoms with Gasteiger partial charge < -0.3 is 14.2 Å². The molecule has 0 amide bonds. The van der Waals surface area contributed by atoms with Gasteiger partial charge in [-0.05, 0) is 64.2 Å². The van der Waals surface area contributed by atoms with E-state index in [2.05, 4.69) is 87.6 Å². The zero-order chi connectivity index (χ0) is 43.7. The molecule has 0 fully saturated rings. The Kier molecular flexibility index (Phi) is 46.0. The third-order valence-electron chi connectivity index (χ3n) is 10.5. The molecule has 0 aromatic heterocycles. The monoisotopic (exact) mass is 837 g/mol. The lowest BCUT2D eigenvalue weighted by Gasteiger charge is -2.18. The molecule has 0 bridgehead atoms. The normalized spacial score (nSPS) is 12.7. The molecular formula is C54H92O6. The number of carbonyl (C=O) groups is 3. The van der Waals surface area contributed by atoms with Crippen molar-refractivity contribution < 1.29 is 28.6 Å². The van der Waals surface area contributed by atoms with Gasteiger partial charge in [-0.2, -0.15) is 0 Å². The van der Waals surface area contributed by atoms with E-state index in [0.717, 1.165) is 77.0 Å². The lowest BCUT2D eigenvalue weighted by Crippen LogP contribution is -2.30. The molecule has 0 spiro atoms. The van der Waals surface area contributed by atoms with Crippen molar-refractivity contribution in [2.75, 3.05) is 13.2 Å². The van der Waals surface area contributed by atoms with E-state index in [9.17, 15) is 14.4 Å². The molecule has 60 heavy (non-hydrogen) atoms. The summed E-state index contributed by atoms with van der Waals surface area (Å²) in [6, 6.07) is 0. The van der Waals surface area contributed by atoms with Crippen molar-refractivity contribution in [3.8, 4) is 0 Å². The van der Waals surface area contributed by atoms with Crippen LogP contribution in [0.15, 0.2) is 72.9 Å². The molecule has 0 radical (unpaired) electrons. The summed E-state index contributed by atoms with van der Waals surface area (Å²) >= 11 is 0. The molecule has 6 nitrogen and oxygen atoms in total. The summed E-state index contributed by atoms with van der Waals surface area (Å²) in [6.07, 6.45) is 60.3. The van der Waals surface area contributed by atoms with E-state index in [-0.39, 0.29) is 37.5 Å². The highest BCUT2D eigenvalue weighted by atomic mass is 16.6. The number of ether oxygens (including phenoxy) is 3. The molecule has 0 saturated carbocycles. The summed E-state index contributed by atoms with van der Waals surface area (Å²) in [5, 5.41) is 0. The highest BCUT2D eigenvalue weighted by Gasteiger charge is 2.19. The number of hydrogen-bond acceptors (Lipinski definition) is 6. The number of esters is 3. The number of rotatable bonds is 44. The third-order valence-corrected chi connectivity index (χ3v) is 10.5. The molecule has 0 rings (SSSR count). The Hall–Kier alpha value is -3.15. The number of unbranched alkanes of at least 4 members (excludes halogenated alkanes) is 24. The molecule has 344 valence electrons. The lowest BCUT2D eigenvalue weighted by atomic mass is 10.1. The predicted octanol–water partition coefficient (Wildman–Crippen LogP) is 16.3. The van der Waals surface area contributed by atoms with Crippen LogP contribution in [0.3, 0.4) is 0 Å². The standard InChI is InChI=1S/C54H92O6/c1-4-7-10-13-16-19-22-24-25-26-27-28-30-32-35-38-41-44-47-53(56)59-50-51(49-58-52(55)46-43-40-37-34-31-21-18-15-12-9-6-3)60-54(57)48-45-42-39-36-33-29-23-20-17-14-11-8-5-2/h16,19,22,24-29,33,39,42,51H,4-15,17-18,20-21,23,30-32,34-38,40-41,43-50H2,1-3H3/b19-16-,24-22-,26-25-,28-27-,33-29-,42-39-. The molecule has 0 aliphatic carbocycles. The van der Waals surface area contributed by atoms with Gasteiger partial charge in [0.25, 0.3) is 0 Å². The molecule has 0 aliphatic heterocycles. The number of hydrogen-bond donors (Lipinski definition) is 0. The number of carbonyl (C=O) groups excluding carboxylic acids is 3. The molecular weight excluding hydrogens is 745 g/mol. The summed E-state index contributed by atoms with van der Waals surface area (Å²) in [6.45, 7) is 6.51. The highest BCUT2D eigenvalue weighted by Crippen LogP contribution is 2.14. The molecule has 0 heterocycles. The SMILES string of the molecule is CCCCC\C=C/C=C\C=C/C=C\CCCCCCCC(=O)OCC(COC(=O)CCCCCCCCCCCCC)OC(=O)CC/C=C\C/C=C\CCCCCCCC. The van der Waals surface area contributed by atoms with Gasteiger partial charge >= 0.3 is 17.9 Å². The van der Waals surface area contributed by atoms with Crippen LogP contribution >= 0.6 is 0 Å². The van der Waals surface area contributed by atoms with Crippen molar-refractivity contribution in [3.63, 3.8) is 0 Å². The molecule has 1 unspecified atom stereocenters. The molecule has 0 aromatic carbocycles. The van der Waals surface area contributed by atoms with Crippen molar-refractivity contribution in [3.05, 3.63) is 72.9 Å². The first-order valence-electron chi connectivity index (χ1n) is 25.0. The molecule has 6 heteroatoms. The average Bonchev–Trinajstić information content (AvgIpc) is 3.24. The minimum atomic E-state index is -0.812. The topological polar surface area (TPSA) is 78.9 Å². The van der Waals surface area contributed by atoms with E-state index in [1.807, 2.05) is 6.08 Å². The maximum Gasteiger partial charge on any atom is 0.306 e. The van der Waals surface area contributed by atoms with E-state index in [4.69, 9.17) is 14.2 Å². The first-order chi connectivity index (χ1) is 29.5. The number of allylic oxidation sites excluding steroid dienone is 12. The zero-order valence-corrected chi connectivity index (χ0v) is 39.2. The van der Waals surface area contributed by atoms with E-state index in [1.54, 1.807) is 0 Å². The highest BCUT2D eigenvalue weighted by molar-refractivity contribution is 5.71. The molecule has 0 aromatic rings. The Morgan fingerprint density at radius 3 is 1.17 bits per heavy atom. The van der Waals surface area contributed by atoms with E-state index in [1.165, 1.54) is 109 Å². The average molecular weight is 837 g/mol.